The van der Waals surface area contributed by atoms with Gasteiger partial charge in [0.2, 0.25) is 0 Å². The number of hydrogen-bond donors (Lipinski definition) is 2. The number of aliphatic hydroxyl groups is 1. The summed E-state index contributed by atoms with van der Waals surface area (Å²) in [6.07, 6.45) is -3.40. The first kappa shape index (κ1) is 29.5. The van der Waals surface area contributed by atoms with E-state index in [9.17, 15) is 27.5 Å². The summed E-state index contributed by atoms with van der Waals surface area (Å²) in [5.74, 6) is -5.18. The number of nitrogens with one attached hydrogen (secondary N) is 1. The van der Waals surface area contributed by atoms with Crippen molar-refractivity contribution in [3.63, 3.8) is 0 Å². The number of β-amino-alcohol motifs (C(OH)–C–C–N with tert-alkyl or cyclic N) is 1. The monoisotopic (exact) mass is 630 g/mol. The lowest BCUT2D eigenvalue weighted by atomic mass is 9.96. The number of anilines is 3. The van der Waals surface area contributed by atoms with Gasteiger partial charge in [-0.3, -0.25) is 9.69 Å². The molecule has 4 aliphatic rings. The smallest absolute Gasteiger partial charge is 0.408 e. The Morgan fingerprint density at radius 2 is 1.73 bits per heavy atom. The van der Waals surface area contributed by atoms with Crippen LogP contribution in [0.4, 0.5) is 43.7 Å². The van der Waals surface area contributed by atoms with Gasteiger partial charge in [0.05, 0.1) is 11.7 Å². The number of benzene rings is 2. The maximum Gasteiger partial charge on any atom is 0.408 e. The molecule has 3 aromatic rings. The molecule has 1 saturated heterocycles. The summed E-state index contributed by atoms with van der Waals surface area (Å²) in [5, 5.41) is 12.7. The zero-order valence-electron chi connectivity index (χ0n) is 23.7. The second-order valence-corrected chi connectivity index (χ2v) is 12.2. The number of ether oxygens (including phenoxy) is 1. The minimum atomic E-state index is -4.73. The van der Waals surface area contributed by atoms with E-state index in [1.54, 1.807) is 36.4 Å². The van der Waals surface area contributed by atoms with Gasteiger partial charge in [-0.15, -0.1) is 0 Å². The van der Waals surface area contributed by atoms with Crippen LogP contribution in [0.3, 0.4) is 0 Å². The third-order valence-corrected chi connectivity index (χ3v) is 8.99. The maximum absolute atomic E-state index is 15.3. The number of hydrogen-bond acceptors (Lipinski definition) is 6. The zero-order chi connectivity index (χ0) is 31.7. The topological polar surface area (TPSA) is 77.9 Å². The number of carbonyl (C=O) groups is 1. The number of aliphatic hydroxyl groups excluding tert-OH is 1. The van der Waals surface area contributed by atoms with Crippen LogP contribution >= 0.6 is 0 Å². The summed E-state index contributed by atoms with van der Waals surface area (Å²) in [6, 6.07) is 10.2. The summed E-state index contributed by atoms with van der Waals surface area (Å²) < 4.78 is 92.6. The van der Waals surface area contributed by atoms with Crippen LogP contribution in [0, 0.1) is 28.8 Å². The Morgan fingerprint density at radius 1 is 1.04 bits per heavy atom. The number of aromatic nitrogens is 1. The van der Waals surface area contributed by atoms with E-state index in [1.807, 2.05) is 4.90 Å². The second kappa shape index (κ2) is 10.7. The molecule has 3 fully saturated rings. The summed E-state index contributed by atoms with van der Waals surface area (Å²) >= 11 is 0. The Balaban J connectivity index is 1.36. The van der Waals surface area contributed by atoms with Gasteiger partial charge in [0.1, 0.15) is 34.9 Å². The average Bonchev–Trinajstić information content (AvgIpc) is 3.91. The fourth-order valence-corrected chi connectivity index (χ4v) is 6.23. The minimum Gasteiger partial charge on any atom is -0.481 e. The highest BCUT2D eigenvalue weighted by Gasteiger charge is 2.55. The van der Waals surface area contributed by atoms with Crippen LogP contribution in [0.1, 0.15) is 37.4 Å². The van der Waals surface area contributed by atoms with E-state index in [0.29, 0.717) is 24.5 Å². The number of fused-ring (bicyclic) bond motifs is 1. The number of alkyl halides is 3. The van der Waals surface area contributed by atoms with Gasteiger partial charge in [-0.2, -0.15) is 13.2 Å². The van der Waals surface area contributed by atoms with Gasteiger partial charge < -0.3 is 20.1 Å². The standard InChI is InChI=1S/C32H28F6N4O3/c33-18-12-22(34)26(23(35)13-18)42-14-21(30(44)40-28(17-6-7-17)32(36,37)38)27(45-19-4-2-1-3-5-19)20-8-9-25(39-29(20)42)41-15-24(43)31(16-41)10-11-31/h1-5,8-9,12-14,17,24,27-28,43H,6-7,10-11,15-16H2,(H,40,44)/t24?,27?,28-/m0/s1. The van der Waals surface area contributed by atoms with Crippen molar-refractivity contribution in [3.05, 3.63) is 89.4 Å². The first-order valence-electron chi connectivity index (χ1n) is 14.6. The molecule has 2 aliphatic heterocycles. The van der Waals surface area contributed by atoms with Crippen molar-refractivity contribution in [1.82, 2.24) is 10.3 Å². The van der Waals surface area contributed by atoms with Crippen molar-refractivity contribution in [2.45, 2.75) is 50.1 Å². The number of rotatable bonds is 7. The van der Waals surface area contributed by atoms with E-state index < -0.39 is 59.4 Å². The number of amides is 1. The van der Waals surface area contributed by atoms with Crippen LogP contribution in [-0.2, 0) is 4.79 Å². The van der Waals surface area contributed by atoms with Gasteiger partial charge in [-0.05, 0) is 55.9 Å². The van der Waals surface area contributed by atoms with E-state index >= 15 is 8.78 Å². The highest BCUT2D eigenvalue weighted by atomic mass is 19.4. The lowest BCUT2D eigenvalue weighted by molar-refractivity contribution is -0.165. The van der Waals surface area contributed by atoms with Crippen LogP contribution in [0.5, 0.6) is 5.75 Å². The van der Waals surface area contributed by atoms with Crippen LogP contribution in [0.25, 0.3) is 0 Å². The van der Waals surface area contributed by atoms with Crippen molar-refractivity contribution >= 4 is 23.2 Å². The normalized spacial score (nSPS) is 22.6. The first-order chi connectivity index (χ1) is 21.4. The number of halogens is 6. The molecule has 2 aliphatic carbocycles. The summed E-state index contributed by atoms with van der Waals surface area (Å²) in [7, 11) is 0. The lowest BCUT2D eigenvalue weighted by Crippen LogP contribution is -2.48. The van der Waals surface area contributed by atoms with E-state index in [2.05, 4.69) is 10.3 Å². The second-order valence-electron chi connectivity index (χ2n) is 12.2. The van der Waals surface area contributed by atoms with Crippen molar-refractivity contribution in [1.29, 1.82) is 0 Å². The fraction of sp³-hybridized carbons (Fsp3) is 0.375. The highest BCUT2D eigenvalue weighted by Crippen LogP contribution is 2.54. The summed E-state index contributed by atoms with van der Waals surface area (Å²) in [5.41, 5.74) is -1.25. The molecular weight excluding hydrogens is 602 g/mol. The van der Waals surface area contributed by atoms with Gasteiger partial charge in [0, 0.05) is 42.4 Å². The quantitative estimate of drug-likeness (QED) is 0.309. The highest BCUT2D eigenvalue weighted by molar-refractivity contribution is 5.97. The van der Waals surface area contributed by atoms with Gasteiger partial charge >= 0.3 is 6.18 Å². The van der Waals surface area contributed by atoms with E-state index in [0.717, 1.165) is 23.9 Å². The summed E-state index contributed by atoms with van der Waals surface area (Å²) in [6.45, 7) is 0.783. The molecule has 0 radical (unpaired) electrons. The molecule has 7 rings (SSSR count). The number of para-hydroxylation sites is 1. The summed E-state index contributed by atoms with van der Waals surface area (Å²) in [4.78, 5) is 21.1. The maximum atomic E-state index is 15.3. The molecule has 2 unspecified atom stereocenters. The molecule has 13 heteroatoms. The van der Waals surface area contributed by atoms with E-state index in [4.69, 9.17) is 4.74 Å². The molecule has 1 amide bonds. The number of pyridine rings is 1. The molecule has 236 valence electrons. The number of carbonyl (C=O) groups excluding carboxylic acids is 1. The predicted molar refractivity (Wildman–Crippen MR) is 151 cm³/mol. The van der Waals surface area contributed by atoms with Crippen molar-refractivity contribution < 1.29 is 41.0 Å². The van der Waals surface area contributed by atoms with Gasteiger partial charge in [-0.25, -0.2) is 18.2 Å². The molecule has 1 aromatic heterocycles. The SMILES string of the molecule is O=C(N[C@@H](C1CC1)C(F)(F)F)C1=CN(c2c(F)cc(F)cc2F)c2nc(N3CC(O)C4(CC4)C3)ccc2C1Oc1ccccc1. The van der Waals surface area contributed by atoms with Gasteiger partial charge in [0.25, 0.3) is 5.91 Å². The third kappa shape index (κ3) is 5.47. The lowest BCUT2D eigenvalue weighted by Gasteiger charge is -2.35. The van der Waals surface area contributed by atoms with Crippen molar-refractivity contribution in [2.75, 3.05) is 22.9 Å². The Bertz CT molecular complexity index is 1650. The molecule has 2 aromatic carbocycles. The largest absolute Gasteiger partial charge is 0.481 e. The van der Waals surface area contributed by atoms with E-state index in [-0.39, 0.29) is 47.5 Å². The predicted octanol–water partition coefficient (Wildman–Crippen LogP) is 6.07. The molecule has 3 atom stereocenters. The van der Waals surface area contributed by atoms with Crippen LogP contribution in [0.15, 0.2) is 66.4 Å². The number of nitrogens with zero attached hydrogens (tertiary/aromatic N) is 3. The Kier molecular flexibility index (Phi) is 6.99. The molecule has 2 saturated carbocycles. The minimum absolute atomic E-state index is 0.0739. The third-order valence-electron chi connectivity index (χ3n) is 8.99. The average molecular weight is 631 g/mol. The molecule has 2 N–H and O–H groups in total. The Hall–Kier alpha value is -4.26. The Morgan fingerprint density at radius 3 is 2.33 bits per heavy atom. The van der Waals surface area contributed by atoms with E-state index in [1.165, 1.54) is 6.07 Å². The first-order valence-corrected chi connectivity index (χ1v) is 14.6. The van der Waals surface area contributed by atoms with Crippen LogP contribution in [-0.4, -0.2) is 47.4 Å². The van der Waals surface area contributed by atoms with Crippen LogP contribution in [0.2, 0.25) is 0 Å². The molecule has 7 nitrogen and oxygen atoms in total. The van der Waals surface area contributed by atoms with Gasteiger partial charge in [0.15, 0.2) is 17.7 Å². The van der Waals surface area contributed by atoms with Crippen LogP contribution < -0.4 is 19.9 Å². The molecule has 0 bridgehead atoms. The Labute approximate surface area is 254 Å². The molecule has 3 heterocycles. The van der Waals surface area contributed by atoms with Crippen molar-refractivity contribution in [3.8, 4) is 5.75 Å². The molecule has 1 spiro atoms. The van der Waals surface area contributed by atoms with Crippen molar-refractivity contribution in [2.24, 2.45) is 11.3 Å². The molecular formula is C32H28F6N4O3. The fourth-order valence-electron chi connectivity index (χ4n) is 6.23. The molecule has 45 heavy (non-hydrogen) atoms. The van der Waals surface area contributed by atoms with Gasteiger partial charge in [-0.1, -0.05) is 18.2 Å². The zero-order valence-corrected chi connectivity index (χ0v) is 23.7.